The van der Waals surface area contributed by atoms with Crippen LogP contribution in [-0.4, -0.2) is 112 Å². The van der Waals surface area contributed by atoms with Crippen molar-refractivity contribution in [3.63, 3.8) is 0 Å². The molecule has 5 rings (SSSR count). The van der Waals surface area contributed by atoms with Gasteiger partial charge in [-0.05, 0) is 54.2 Å². The molecular formula is C38H47N9O4S. The maximum absolute atomic E-state index is 14.1. The van der Waals surface area contributed by atoms with E-state index in [-0.39, 0.29) is 50.4 Å². The van der Waals surface area contributed by atoms with Crippen molar-refractivity contribution in [3.05, 3.63) is 102 Å². The Kier molecular flexibility index (Phi) is 14.1. The highest BCUT2D eigenvalue weighted by Crippen LogP contribution is 2.20. The predicted octanol–water partition coefficient (Wildman–Crippen LogP) is 3.09. The molecule has 5 aromatic rings. The van der Waals surface area contributed by atoms with Gasteiger partial charge in [0.15, 0.2) is 0 Å². The summed E-state index contributed by atoms with van der Waals surface area (Å²) in [4.78, 5) is 68.3. The van der Waals surface area contributed by atoms with E-state index < -0.39 is 6.03 Å². The molecule has 274 valence electrons. The van der Waals surface area contributed by atoms with Gasteiger partial charge in [-0.25, -0.2) is 4.79 Å². The zero-order valence-corrected chi connectivity index (χ0v) is 30.1. The van der Waals surface area contributed by atoms with Crippen LogP contribution in [0.25, 0.3) is 21.8 Å². The maximum Gasteiger partial charge on any atom is 0.312 e. The number of amides is 5. The standard InChI is InChI=1S/C38H47N9O4S/c39-38(51)42-15-6-16-46(26-36(49)45(19-20-52)17-12-29-23-43-33-10-3-1-8-31(29)33)37(50)27-47(35(48)25-41-22-28-7-5-14-40-21-28)18-13-30-24-44-34-11-4-2-9-32(30)34/h1-5,7-11,14,21,23-24,41,43-44,52H,6,12-13,15-20,22,25-27H2,(H3,39,42,51). The largest absolute Gasteiger partial charge is 0.361 e. The number of rotatable bonds is 20. The van der Waals surface area contributed by atoms with Crippen LogP contribution >= 0.6 is 12.6 Å². The van der Waals surface area contributed by atoms with Crippen LogP contribution in [0.1, 0.15) is 23.1 Å². The highest BCUT2D eigenvalue weighted by atomic mass is 32.1. The molecule has 2 aromatic carbocycles. The van der Waals surface area contributed by atoms with Crippen LogP contribution in [0, 0.1) is 0 Å². The summed E-state index contributed by atoms with van der Waals surface area (Å²) in [6.45, 7) is 1.63. The molecule has 52 heavy (non-hydrogen) atoms. The van der Waals surface area contributed by atoms with Gasteiger partial charge < -0.3 is 41.0 Å². The van der Waals surface area contributed by atoms with Gasteiger partial charge in [-0.1, -0.05) is 42.5 Å². The van der Waals surface area contributed by atoms with Gasteiger partial charge in [-0.3, -0.25) is 19.4 Å². The van der Waals surface area contributed by atoms with Crippen molar-refractivity contribution in [1.29, 1.82) is 0 Å². The first-order chi connectivity index (χ1) is 25.3. The Morgan fingerprint density at radius 1 is 0.731 bits per heavy atom. The highest BCUT2D eigenvalue weighted by Gasteiger charge is 2.25. The Morgan fingerprint density at radius 2 is 1.33 bits per heavy atom. The highest BCUT2D eigenvalue weighted by molar-refractivity contribution is 7.80. The second-order valence-corrected chi connectivity index (χ2v) is 13.0. The molecular weight excluding hydrogens is 679 g/mol. The van der Waals surface area contributed by atoms with E-state index in [0.29, 0.717) is 51.2 Å². The van der Waals surface area contributed by atoms with Gasteiger partial charge in [0.05, 0.1) is 19.6 Å². The van der Waals surface area contributed by atoms with Gasteiger partial charge in [0, 0.05) is 91.6 Å². The number of nitrogens with one attached hydrogen (secondary N) is 4. The molecule has 6 N–H and O–H groups in total. The van der Waals surface area contributed by atoms with E-state index in [0.717, 1.165) is 38.5 Å². The van der Waals surface area contributed by atoms with E-state index in [2.05, 4.69) is 38.2 Å². The fourth-order valence-electron chi connectivity index (χ4n) is 6.19. The minimum Gasteiger partial charge on any atom is -0.361 e. The number of nitrogens with two attached hydrogens (primary N) is 1. The summed E-state index contributed by atoms with van der Waals surface area (Å²) < 4.78 is 0. The normalized spacial score (nSPS) is 11.1. The molecule has 0 bridgehead atoms. The molecule has 13 nitrogen and oxygen atoms in total. The Morgan fingerprint density at radius 3 is 1.92 bits per heavy atom. The van der Waals surface area contributed by atoms with Crippen LogP contribution in [0.2, 0.25) is 0 Å². The molecule has 0 aliphatic carbocycles. The van der Waals surface area contributed by atoms with E-state index in [1.165, 1.54) is 4.90 Å². The minimum absolute atomic E-state index is 0.0150. The number of carbonyl (C=O) groups is 4. The van der Waals surface area contributed by atoms with Crippen molar-refractivity contribution in [1.82, 2.24) is 40.3 Å². The topological polar surface area (TPSA) is 173 Å². The summed E-state index contributed by atoms with van der Waals surface area (Å²) in [5, 5.41) is 7.88. The number of fused-ring (bicyclic) bond motifs is 2. The van der Waals surface area contributed by atoms with E-state index >= 15 is 0 Å². The number of para-hydroxylation sites is 2. The minimum atomic E-state index is -0.668. The van der Waals surface area contributed by atoms with Gasteiger partial charge >= 0.3 is 6.03 Å². The fraction of sp³-hybridized carbons (Fsp3) is 0.342. The van der Waals surface area contributed by atoms with E-state index in [4.69, 9.17) is 5.73 Å². The molecule has 14 heteroatoms. The number of urea groups is 1. The number of hydrogen-bond acceptors (Lipinski definition) is 7. The lowest BCUT2D eigenvalue weighted by atomic mass is 10.1. The molecule has 0 saturated carbocycles. The molecule has 0 saturated heterocycles. The SMILES string of the molecule is NC(=O)NCCCN(CC(=O)N(CCS)CCc1c[nH]c2ccccc12)C(=O)CN(CCc1c[nH]c2ccccc12)C(=O)CNCc1cccnc1. The zero-order chi connectivity index (χ0) is 36.7. The first-order valence-electron chi connectivity index (χ1n) is 17.5. The van der Waals surface area contributed by atoms with Gasteiger partial charge in [0.2, 0.25) is 17.7 Å². The van der Waals surface area contributed by atoms with E-state index in [9.17, 15) is 19.2 Å². The summed E-state index contributed by atoms with van der Waals surface area (Å²) in [7, 11) is 0. The number of nitrogens with zero attached hydrogens (tertiary/aromatic N) is 4. The number of primary amides is 1. The number of aromatic amines is 2. The second kappa shape index (κ2) is 19.3. The lowest BCUT2D eigenvalue weighted by molar-refractivity contribution is -0.143. The average Bonchev–Trinajstić information content (AvgIpc) is 3.77. The molecule has 5 amide bonds. The van der Waals surface area contributed by atoms with Crippen molar-refractivity contribution in [2.45, 2.75) is 25.8 Å². The third-order valence-corrected chi connectivity index (χ3v) is 9.16. The number of benzene rings is 2. The van der Waals surface area contributed by atoms with Crippen LogP contribution in [0.15, 0.2) is 85.5 Å². The maximum atomic E-state index is 14.1. The molecule has 3 aromatic heterocycles. The second-order valence-electron chi connectivity index (χ2n) is 12.6. The Labute approximate surface area is 308 Å². The van der Waals surface area contributed by atoms with Gasteiger partial charge in [-0.15, -0.1) is 0 Å². The Balaban J connectivity index is 1.28. The van der Waals surface area contributed by atoms with Crippen molar-refractivity contribution in [2.24, 2.45) is 5.73 Å². The Bertz CT molecular complexity index is 1930. The molecule has 0 fully saturated rings. The van der Waals surface area contributed by atoms with Crippen LogP contribution in [0.4, 0.5) is 4.79 Å². The molecule has 0 aliphatic rings. The average molecular weight is 726 g/mol. The number of carbonyl (C=O) groups excluding carboxylic acids is 4. The fourth-order valence-corrected chi connectivity index (χ4v) is 6.43. The van der Waals surface area contributed by atoms with Crippen molar-refractivity contribution in [3.8, 4) is 0 Å². The summed E-state index contributed by atoms with van der Waals surface area (Å²) >= 11 is 4.40. The lowest BCUT2D eigenvalue weighted by Crippen LogP contribution is -2.50. The van der Waals surface area contributed by atoms with Crippen LogP contribution in [-0.2, 0) is 33.8 Å². The molecule has 3 heterocycles. The summed E-state index contributed by atoms with van der Waals surface area (Å²) in [5.41, 5.74) is 10.3. The van der Waals surface area contributed by atoms with Crippen LogP contribution < -0.4 is 16.4 Å². The van der Waals surface area contributed by atoms with Crippen molar-refractivity contribution >= 4 is 58.2 Å². The third-order valence-electron chi connectivity index (χ3n) is 8.96. The van der Waals surface area contributed by atoms with Crippen molar-refractivity contribution < 1.29 is 19.2 Å². The summed E-state index contributed by atoms with van der Waals surface area (Å²) in [6.07, 6.45) is 8.84. The van der Waals surface area contributed by atoms with E-state index in [1.54, 1.807) is 22.2 Å². The molecule has 0 spiro atoms. The van der Waals surface area contributed by atoms with Gasteiger partial charge in [0.1, 0.15) is 0 Å². The lowest BCUT2D eigenvalue weighted by Gasteiger charge is -2.30. The monoisotopic (exact) mass is 725 g/mol. The summed E-state index contributed by atoms with van der Waals surface area (Å²) in [5.74, 6) is -0.373. The zero-order valence-electron chi connectivity index (χ0n) is 29.2. The van der Waals surface area contributed by atoms with E-state index in [1.807, 2.05) is 73.1 Å². The number of hydrogen-bond donors (Lipinski definition) is 6. The summed E-state index contributed by atoms with van der Waals surface area (Å²) in [6, 6.07) is 19.0. The molecule has 0 atom stereocenters. The van der Waals surface area contributed by atoms with Gasteiger partial charge in [0.25, 0.3) is 0 Å². The number of H-pyrrole nitrogens is 2. The van der Waals surface area contributed by atoms with Crippen molar-refractivity contribution in [2.75, 3.05) is 58.1 Å². The molecule has 0 unspecified atom stereocenters. The Hall–Kier alpha value is -5.34. The number of thiol groups is 1. The van der Waals surface area contributed by atoms with Crippen LogP contribution in [0.3, 0.4) is 0 Å². The first-order valence-corrected chi connectivity index (χ1v) is 18.1. The van der Waals surface area contributed by atoms with Gasteiger partial charge in [-0.2, -0.15) is 12.6 Å². The number of pyridine rings is 1. The quantitative estimate of drug-likeness (QED) is 0.0532. The third kappa shape index (κ3) is 10.8. The first kappa shape index (κ1) is 37.9. The van der Waals surface area contributed by atoms with Crippen LogP contribution in [0.5, 0.6) is 0 Å². The smallest absolute Gasteiger partial charge is 0.312 e. The number of aromatic nitrogens is 3. The predicted molar refractivity (Wildman–Crippen MR) is 206 cm³/mol. The molecule has 0 aliphatic heterocycles. The molecule has 0 radical (unpaired) electrons.